The lowest BCUT2D eigenvalue weighted by Crippen LogP contribution is -2.52. The third-order valence-corrected chi connectivity index (χ3v) is 5.47. The third-order valence-electron chi connectivity index (χ3n) is 4.53. The van der Waals surface area contributed by atoms with Crippen LogP contribution in [0.4, 0.5) is 0 Å². The Labute approximate surface area is 147 Å². The molecule has 3 rings (SSSR count). The van der Waals surface area contributed by atoms with E-state index in [0.717, 1.165) is 25.2 Å². The van der Waals surface area contributed by atoms with Crippen molar-refractivity contribution in [2.45, 2.75) is 25.9 Å². The molecule has 0 spiro atoms. The van der Waals surface area contributed by atoms with E-state index in [1.54, 1.807) is 11.3 Å². The number of hydrogen-bond acceptors (Lipinski definition) is 4. The zero-order valence-electron chi connectivity index (χ0n) is 14.3. The van der Waals surface area contributed by atoms with Crippen molar-refractivity contribution < 1.29 is 4.79 Å². The number of nitrogens with one attached hydrogen (secondary N) is 2. The standard InChI is InChI=1S/C19H25N3OS/c1-14-5-7-16(8-6-14)19(17-4-3-11-24-17)21-18(23)13-22-10-9-20-12-15(22)2/h3-8,11,15,19-20H,9-10,12-13H2,1-2H3,(H,21,23)/t15-,19?/m0/s1. The van der Waals surface area contributed by atoms with Gasteiger partial charge in [-0.25, -0.2) is 0 Å². The molecule has 1 aromatic heterocycles. The summed E-state index contributed by atoms with van der Waals surface area (Å²) < 4.78 is 0. The first-order valence-corrected chi connectivity index (χ1v) is 9.35. The van der Waals surface area contributed by atoms with Crippen LogP contribution in [0, 0.1) is 6.92 Å². The predicted octanol–water partition coefficient (Wildman–Crippen LogP) is 2.56. The van der Waals surface area contributed by atoms with Crippen LogP contribution in [0.1, 0.15) is 29.0 Å². The second kappa shape index (κ2) is 7.92. The minimum atomic E-state index is -0.0729. The number of thiophene rings is 1. The number of hydrogen-bond donors (Lipinski definition) is 2. The van der Waals surface area contributed by atoms with Crippen LogP contribution in [-0.2, 0) is 4.79 Å². The van der Waals surface area contributed by atoms with Gasteiger partial charge in [0.05, 0.1) is 12.6 Å². The van der Waals surface area contributed by atoms with Gasteiger partial charge >= 0.3 is 0 Å². The van der Waals surface area contributed by atoms with E-state index >= 15 is 0 Å². The Morgan fingerprint density at radius 1 is 1.38 bits per heavy atom. The fourth-order valence-electron chi connectivity index (χ4n) is 3.04. The molecular weight excluding hydrogens is 318 g/mol. The Morgan fingerprint density at radius 2 is 2.17 bits per heavy atom. The summed E-state index contributed by atoms with van der Waals surface area (Å²) in [4.78, 5) is 16.0. The number of nitrogens with zero attached hydrogens (tertiary/aromatic N) is 1. The van der Waals surface area contributed by atoms with Gasteiger partial charge in [0.25, 0.3) is 0 Å². The maximum Gasteiger partial charge on any atom is 0.234 e. The van der Waals surface area contributed by atoms with E-state index in [1.807, 2.05) is 6.07 Å². The average molecular weight is 343 g/mol. The van der Waals surface area contributed by atoms with Crippen molar-refractivity contribution in [3.8, 4) is 0 Å². The third kappa shape index (κ3) is 4.23. The van der Waals surface area contributed by atoms with Gasteiger partial charge in [-0.1, -0.05) is 35.9 Å². The number of aryl methyl sites for hydroxylation is 1. The number of carbonyl (C=O) groups is 1. The van der Waals surface area contributed by atoms with E-state index < -0.39 is 0 Å². The lowest BCUT2D eigenvalue weighted by Gasteiger charge is -2.33. The van der Waals surface area contributed by atoms with Gasteiger partial charge < -0.3 is 10.6 Å². The molecule has 1 fully saturated rings. The summed E-state index contributed by atoms with van der Waals surface area (Å²) in [5.41, 5.74) is 2.36. The minimum Gasteiger partial charge on any atom is -0.343 e. The number of piperazine rings is 1. The van der Waals surface area contributed by atoms with Crippen molar-refractivity contribution >= 4 is 17.2 Å². The molecule has 2 heterocycles. The van der Waals surface area contributed by atoms with Crippen LogP contribution < -0.4 is 10.6 Å². The topological polar surface area (TPSA) is 44.4 Å². The van der Waals surface area contributed by atoms with Gasteiger partial charge in [-0.05, 0) is 30.9 Å². The molecular formula is C19H25N3OS. The predicted molar refractivity (Wildman–Crippen MR) is 99.4 cm³/mol. The van der Waals surface area contributed by atoms with E-state index in [4.69, 9.17) is 0 Å². The van der Waals surface area contributed by atoms with Crippen molar-refractivity contribution in [2.75, 3.05) is 26.2 Å². The van der Waals surface area contributed by atoms with Crippen molar-refractivity contribution in [1.82, 2.24) is 15.5 Å². The minimum absolute atomic E-state index is 0.0729. The van der Waals surface area contributed by atoms with Crippen LogP contribution in [0.25, 0.3) is 0 Å². The molecule has 0 radical (unpaired) electrons. The molecule has 2 aromatic rings. The normalized spacial score (nSPS) is 19.8. The fraction of sp³-hybridized carbons (Fsp3) is 0.421. The SMILES string of the molecule is Cc1ccc(C(NC(=O)CN2CCNC[C@@H]2C)c2cccs2)cc1. The number of carbonyl (C=O) groups excluding carboxylic acids is 1. The molecule has 4 nitrogen and oxygen atoms in total. The Morgan fingerprint density at radius 3 is 2.83 bits per heavy atom. The first-order chi connectivity index (χ1) is 11.6. The molecule has 0 saturated carbocycles. The van der Waals surface area contributed by atoms with E-state index in [9.17, 15) is 4.79 Å². The van der Waals surface area contributed by atoms with Crippen molar-refractivity contribution in [1.29, 1.82) is 0 Å². The van der Waals surface area contributed by atoms with Crippen LogP contribution >= 0.6 is 11.3 Å². The molecule has 2 N–H and O–H groups in total. The highest BCUT2D eigenvalue weighted by Gasteiger charge is 2.23. The van der Waals surface area contributed by atoms with Crippen LogP contribution in [0.2, 0.25) is 0 Å². The zero-order chi connectivity index (χ0) is 16.9. The van der Waals surface area contributed by atoms with Crippen LogP contribution in [0.3, 0.4) is 0 Å². The van der Waals surface area contributed by atoms with Crippen LogP contribution in [0.15, 0.2) is 41.8 Å². The summed E-state index contributed by atoms with van der Waals surface area (Å²) in [5.74, 6) is 0.0859. The van der Waals surface area contributed by atoms with Crippen molar-refractivity contribution in [3.05, 3.63) is 57.8 Å². The summed E-state index contributed by atoms with van der Waals surface area (Å²) in [6.07, 6.45) is 0. The van der Waals surface area contributed by atoms with Crippen LogP contribution in [-0.4, -0.2) is 43.0 Å². The Kier molecular flexibility index (Phi) is 5.66. The highest BCUT2D eigenvalue weighted by Crippen LogP contribution is 2.26. The first-order valence-electron chi connectivity index (χ1n) is 8.47. The molecule has 0 bridgehead atoms. The van der Waals surface area contributed by atoms with Crippen molar-refractivity contribution in [2.24, 2.45) is 0 Å². The molecule has 1 saturated heterocycles. The fourth-order valence-corrected chi connectivity index (χ4v) is 3.84. The van der Waals surface area contributed by atoms with E-state index in [-0.39, 0.29) is 11.9 Å². The molecule has 1 unspecified atom stereocenters. The van der Waals surface area contributed by atoms with Crippen molar-refractivity contribution in [3.63, 3.8) is 0 Å². The van der Waals surface area contributed by atoms with Gasteiger partial charge in [0, 0.05) is 30.6 Å². The van der Waals surface area contributed by atoms with E-state index in [2.05, 4.69) is 65.1 Å². The maximum absolute atomic E-state index is 12.6. The largest absolute Gasteiger partial charge is 0.343 e. The summed E-state index contributed by atoms with van der Waals surface area (Å²) >= 11 is 1.68. The Bertz CT molecular complexity index is 654. The van der Waals surface area contributed by atoms with Crippen LogP contribution in [0.5, 0.6) is 0 Å². The molecule has 5 heteroatoms. The Balaban J connectivity index is 1.72. The smallest absolute Gasteiger partial charge is 0.234 e. The highest BCUT2D eigenvalue weighted by molar-refractivity contribution is 7.10. The molecule has 1 aliphatic rings. The average Bonchev–Trinajstić information content (AvgIpc) is 3.10. The summed E-state index contributed by atoms with van der Waals surface area (Å²) in [7, 11) is 0. The lowest BCUT2D eigenvalue weighted by atomic mass is 10.0. The van der Waals surface area contributed by atoms with Gasteiger partial charge in [-0.15, -0.1) is 11.3 Å². The molecule has 1 amide bonds. The van der Waals surface area contributed by atoms with Gasteiger partial charge in [-0.2, -0.15) is 0 Å². The summed E-state index contributed by atoms with van der Waals surface area (Å²) in [6.45, 7) is 7.51. The highest BCUT2D eigenvalue weighted by atomic mass is 32.1. The van der Waals surface area contributed by atoms with Gasteiger partial charge in [0.1, 0.15) is 0 Å². The van der Waals surface area contributed by atoms with Gasteiger partial charge in [0.2, 0.25) is 5.91 Å². The summed E-state index contributed by atoms with van der Waals surface area (Å²) in [5, 5.41) is 8.65. The zero-order valence-corrected chi connectivity index (χ0v) is 15.1. The second-order valence-corrected chi connectivity index (χ2v) is 7.43. The van der Waals surface area contributed by atoms with E-state index in [0.29, 0.717) is 12.6 Å². The molecule has 24 heavy (non-hydrogen) atoms. The molecule has 2 atom stereocenters. The number of benzene rings is 1. The monoisotopic (exact) mass is 343 g/mol. The van der Waals surface area contributed by atoms with E-state index in [1.165, 1.54) is 10.4 Å². The maximum atomic E-state index is 12.6. The quantitative estimate of drug-likeness (QED) is 0.877. The summed E-state index contributed by atoms with van der Waals surface area (Å²) in [6, 6.07) is 12.8. The molecule has 1 aliphatic heterocycles. The first kappa shape index (κ1) is 17.1. The lowest BCUT2D eigenvalue weighted by molar-refractivity contribution is -0.123. The second-order valence-electron chi connectivity index (χ2n) is 6.45. The number of rotatable bonds is 5. The number of amides is 1. The van der Waals surface area contributed by atoms with Gasteiger partial charge in [-0.3, -0.25) is 9.69 Å². The van der Waals surface area contributed by atoms with Gasteiger partial charge in [0.15, 0.2) is 0 Å². The Hall–Kier alpha value is -1.69. The molecule has 128 valence electrons. The molecule has 1 aromatic carbocycles. The molecule has 0 aliphatic carbocycles.